The van der Waals surface area contributed by atoms with Crippen molar-refractivity contribution in [3.63, 3.8) is 0 Å². The molecule has 3 unspecified atom stereocenters. The van der Waals surface area contributed by atoms with Crippen molar-refractivity contribution in [2.45, 2.75) is 83.0 Å². The molecule has 0 radical (unpaired) electrons. The van der Waals surface area contributed by atoms with Crippen molar-refractivity contribution in [3.8, 4) is 11.3 Å². The number of pyridine rings is 1. The van der Waals surface area contributed by atoms with E-state index >= 15 is 0 Å². The quantitative estimate of drug-likeness (QED) is 0.201. The molecule has 3 aromatic rings. The minimum Gasteiger partial charge on any atom is -0.465 e. The number of amides is 3. The summed E-state index contributed by atoms with van der Waals surface area (Å²) in [4.78, 5) is 45.0. The Labute approximate surface area is 293 Å². The lowest BCUT2D eigenvalue weighted by atomic mass is 9.85. The van der Waals surface area contributed by atoms with E-state index in [1.54, 1.807) is 6.20 Å². The average molecular weight is 689 g/mol. The molecule has 2 fully saturated rings. The van der Waals surface area contributed by atoms with E-state index in [4.69, 9.17) is 14.2 Å². The Morgan fingerprint density at radius 2 is 1.66 bits per heavy atom. The summed E-state index contributed by atoms with van der Waals surface area (Å²) in [6.07, 6.45) is -0.499. The maximum atomic E-state index is 13.9. The third kappa shape index (κ3) is 9.17. The molecule has 0 aliphatic carbocycles. The fraction of sp³-hybridized carbons (Fsp3) is 0.474. The van der Waals surface area contributed by atoms with Crippen LogP contribution < -0.4 is 10.6 Å². The van der Waals surface area contributed by atoms with Gasteiger partial charge in [0.1, 0.15) is 6.04 Å². The number of rotatable bonds is 13. The number of hydrogen-bond acceptors (Lipinski definition) is 8. The normalized spacial score (nSPS) is 20.9. The zero-order valence-corrected chi connectivity index (χ0v) is 29.0. The van der Waals surface area contributed by atoms with Gasteiger partial charge in [0.05, 0.1) is 44.2 Å². The molecule has 268 valence electrons. The molecule has 4 N–H and O–H groups in total. The third-order valence-corrected chi connectivity index (χ3v) is 9.55. The van der Waals surface area contributed by atoms with E-state index in [0.717, 1.165) is 22.4 Å². The number of alkyl carbamates (subject to hydrolysis) is 1. The molecular formula is C38H48N4O8. The van der Waals surface area contributed by atoms with E-state index in [-0.39, 0.29) is 25.4 Å². The van der Waals surface area contributed by atoms with Gasteiger partial charge < -0.3 is 35.1 Å². The summed E-state index contributed by atoms with van der Waals surface area (Å²) in [5.74, 6) is -0.617. The van der Waals surface area contributed by atoms with Crippen molar-refractivity contribution in [3.05, 3.63) is 90.1 Å². The Morgan fingerprint density at radius 1 is 0.960 bits per heavy atom. The second kappa shape index (κ2) is 16.5. The Morgan fingerprint density at radius 3 is 2.30 bits per heavy atom. The summed E-state index contributed by atoms with van der Waals surface area (Å²) in [6.45, 7) is 6.14. The molecular weight excluding hydrogens is 640 g/mol. The number of carbonyl (C=O) groups excluding carboxylic acids is 2. The summed E-state index contributed by atoms with van der Waals surface area (Å²) in [5, 5.41) is 28.3. The predicted molar refractivity (Wildman–Crippen MR) is 186 cm³/mol. The maximum absolute atomic E-state index is 13.9. The number of nitrogens with zero attached hydrogens (tertiary/aromatic N) is 2. The van der Waals surface area contributed by atoms with Crippen LogP contribution in [0.2, 0.25) is 0 Å². The molecule has 12 nitrogen and oxygen atoms in total. The van der Waals surface area contributed by atoms with Gasteiger partial charge in [-0.2, -0.15) is 0 Å². The Hall–Kier alpha value is -4.52. The molecule has 2 aliphatic heterocycles. The minimum atomic E-state index is -1.18. The van der Waals surface area contributed by atoms with Crippen LogP contribution in [0.1, 0.15) is 44.7 Å². The van der Waals surface area contributed by atoms with Gasteiger partial charge >= 0.3 is 12.2 Å². The van der Waals surface area contributed by atoms with Crippen LogP contribution in [0.25, 0.3) is 11.3 Å². The topological polar surface area (TPSA) is 160 Å². The maximum Gasteiger partial charge on any atom is 0.407 e. The Kier molecular flexibility index (Phi) is 12.1. The van der Waals surface area contributed by atoms with E-state index in [1.165, 1.54) is 12.0 Å². The van der Waals surface area contributed by atoms with Crippen LogP contribution >= 0.6 is 0 Å². The highest BCUT2D eigenvalue weighted by Gasteiger charge is 2.48. The van der Waals surface area contributed by atoms with E-state index in [0.29, 0.717) is 19.4 Å². The van der Waals surface area contributed by atoms with Gasteiger partial charge in [-0.1, -0.05) is 81.4 Å². The Bertz CT molecular complexity index is 1570. The van der Waals surface area contributed by atoms with E-state index < -0.39 is 60.1 Å². The van der Waals surface area contributed by atoms with Crippen molar-refractivity contribution >= 4 is 18.1 Å². The first kappa shape index (κ1) is 36.8. The van der Waals surface area contributed by atoms with Crippen LogP contribution in [-0.2, 0) is 31.8 Å². The molecule has 1 aromatic heterocycles. The summed E-state index contributed by atoms with van der Waals surface area (Å²) in [6, 6.07) is 20.0. The second-order valence-corrected chi connectivity index (χ2v) is 14.1. The number of aliphatic hydroxyl groups is 1. The molecule has 3 heterocycles. The number of carbonyl (C=O) groups is 3. The number of aliphatic hydroxyl groups excluding tert-OH is 1. The number of aromatic nitrogens is 1. The molecule has 12 heteroatoms. The summed E-state index contributed by atoms with van der Waals surface area (Å²) in [7, 11) is 1.23. The summed E-state index contributed by atoms with van der Waals surface area (Å²) in [5.41, 5.74) is 2.78. The molecule has 0 spiro atoms. The van der Waals surface area contributed by atoms with Gasteiger partial charge in [-0.25, -0.2) is 9.59 Å². The molecule has 7 atom stereocenters. The van der Waals surface area contributed by atoms with Gasteiger partial charge in [0.2, 0.25) is 5.91 Å². The zero-order valence-electron chi connectivity index (χ0n) is 29.0. The SMILES string of the molecule is COC(=O)N[C@H](C(=O)N[C@@H](Cc1ccc(-c2ccccn2)cc1)[C@@H](O)C[C@H](Cc1ccccc1)N(C(=O)O)C1COC2OCCC21)C(C)(C)C. The first-order chi connectivity index (χ1) is 23.9. The number of ether oxygens (including phenoxy) is 3. The molecule has 3 amide bonds. The van der Waals surface area contributed by atoms with Crippen molar-refractivity contribution in [1.82, 2.24) is 20.5 Å². The van der Waals surface area contributed by atoms with Gasteiger partial charge in [0, 0.05) is 23.7 Å². The lowest BCUT2D eigenvalue weighted by molar-refractivity contribution is -0.127. The van der Waals surface area contributed by atoms with Crippen molar-refractivity contribution in [1.29, 1.82) is 0 Å². The number of fused-ring (bicyclic) bond motifs is 1. The smallest absolute Gasteiger partial charge is 0.407 e. The summed E-state index contributed by atoms with van der Waals surface area (Å²) < 4.78 is 16.3. The standard InChI is InChI=1S/C38H48N4O8/c1-38(2,3)33(41-36(45)48-4)34(44)40-30(21-25-13-15-26(16-14-25)29-12-8-9-18-39-29)32(43)22-27(20-24-10-6-5-7-11-24)42(37(46)47)31-23-50-35-28(31)17-19-49-35/h5-16,18,27-28,30-33,35,43H,17,19-23H2,1-4H3,(H,40,44)(H,41,45)(H,46,47)/t27-,28?,30-,31?,32-,33+,35?/m0/s1. The number of nitrogens with one attached hydrogen (secondary N) is 2. The second-order valence-electron chi connectivity index (χ2n) is 14.1. The highest BCUT2D eigenvalue weighted by Crippen LogP contribution is 2.36. The minimum absolute atomic E-state index is 0.0253. The van der Waals surface area contributed by atoms with Crippen LogP contribution in [0, 0.1) is 11.3 Å². The van der Waals surface area contributed by atoms with Gasteiger partial charge in [0.15, 0.2) is 6.29 Å². The highest BCUT2D eigenvalue weighted by molar-refractivity contribution is 5.86. The van der Waals surface area contributed by atoms with Gasteiger partial charge in [-0.05, 0) is 54.4 Å². The van der Waals surface area contributed by atoms with E-state index in [9.17, 15) is 24.6 Å². The van der Waals surface area contributed by atoms with Crippen LogP contribution in [0.15, 0.2) is 79.0 Å². The Balaban J connectivity index is 1.45. The molecule has 5 rings (SSSR count). The fourth-order valence-electron chi connectivity index (χ4n) is 6.92. The van der Waals surface area contributed by atoms with Gasteiger partial charge in [0.25, 0.3) is 0 Å². The van der Waals surface area contributed by atoms with Crippen molar-refractivity contribution in [2.24, 2.45) is 11.3 Å². The lowest BCUT2D eigenvalue weighted by Crippen LogP contribution is -2.58. The molecule has 2 saturated heterocycles. The molecule has 0 bridgehead atoms. The van der Waals surface area contributed by atoms with Crippen LogP contribution in [0.3, 0.4) is 0 Å². The predicted octanol–water partition coefficient (Wildman–Crippen LogP) is 4.65. The number of carboxylic acid groups (broad SMARTS) is 1. The summed E-state index contributed by atoms with van der Waals surface area (Å²) >= 11 is 0. The zero-order chi connectivity index (χ0) is 35.8. The van der Waals surface area contributed by atoms with E-state index in [2.05, 4.69) is 15.6 Å². The van der Waals surface area contributed by atoms with Crippen LogP contribution in [0.4, 0.5) is 9.59 Å². The number of methoxy groups -OCH3 is 1. The molecule has 2 aliphatic rings. The molecule has 2 aromatic carbocycles. The lowest BCUT2D eigenvalue weighted by Gasteiger charge is -2.38. The molecule has 0 saturated carbocycles. The number of hydrogen-bond donors (Lipinski definition) is 4. The van der Waals surface area contributed by atoms with Crippen LogP contribution in [0.5, 0.6) is 0 Å². The first-order valence-electron chi connectivity index (χ1n) is 17.1. The third-order valence-electron chi connectivity index (χ3n) is 9.55. The monoisotopic (exact) mass is 688 g/mol. The number of benzene rings is 2. The van der Waals surface area contributed by atoms with Crippen molar-refractivity contribution < 1.29 is 38.8 Å². The largest absolute Gasteiger partial charge is 0.465 e. The highest BCUT2D eigenvalue weighted by atomic mass is 16.7. The fourth-order valence-corrected chi connectivity index (χ4v) is 6.92. The van der Waals surface area contributed by atoms with Gasteiger partial charge in [-0.3, -0.25) is 14.7 Å². The first-order valence-corrected chi connectivity index (χ1v) is 17.1. The van der Waals surface area contributed by atoms with E-state index in [1.807, 2.05) is 93.6 Å². The average Bonchev–Trinajstić information content (AvgIpc) is 3.72. The van der Waals surface area contributed by atoms with Crippen LogP contribution in [-0.4, -0.2) is 95.1 Å². The van der Waals surface area contributed by atoms with Crippen molar-refractivity contribution in [2.75, 3.05) is 20.3 Å². The molecule has 50 heavy (non-hydrogen) atoms. The van der Waals surface area contributed by atoms with Gasteiger partial charge in [-0.15, -0.1) is 0 Å².